The van der Waals surface area contributed by atoms with Crippen molar-refractivity contribution < 1.29 is 4.74 Å². The fourth-order valence-electron chi connectivity index (χ4n) is 2.46. The Morgan fingerprint density at radius 1 is 1.19 bits per heavy atom. The van der Waals surface area contributed by atoms with Gasteiger partial charge in [0.1, 0.15) is 0 Å². The minimum Gasteiger partial charge on any atom is -0.383 e. The number of rotatable bonds is 10. The third-order valence-corrected chi connectivity index (χ3v) is 4.74. The van der Waals surface area contributed by atoms with Gasteiger partial charge in [-0.2, -0.15) is 11.3 Å². The number of aliphatic imine (C=N–C) groups is 1. The Hall–Kier alpha value is -1.32. The first-order valence-electron chi connectivity index (χ1n) is 9.09. The summed E-state index contributed by atoms with van der Waals surface area (Å²) in [5.41, 5.74) is 3.66. The molecule has 0 spiro atoms. The predicted molar refractivity (Wildman–Crippen MR) is 128 cm³/mol. The number of nitrogens with zero attached hydrogens (tertiary/aromatic N) is 1. The summed E-state index contributed by atoms with van der Waals surface area (Å²) >= 11 is 1.74. The molecule has 2 rings (SSSR count). The molecule has 7 heteroatoms. The molecule has 1 atom stereocenters. The lowest BCUT2D eigenvalue weighted by Crippen LogP contribution is -2.39. The lowest BCUT2D eigenvalue weighted by Gasteiger charge is -2.15. The number of hydrogen-bond donors (Lipinski definition) is 3. The molecule has 1 unspecified atom stereocenters. The Labute approximate surface area is 184 Å². The van der Waals surface area contributed by atoms with E-state index in [4.69, 9.17) is 9.73 Å². The van der Waals surface area contributed by atoms with Crippen LogP contribution in [0.4, 0.5) is 5.69 Å². The zero-order valence-corrected chi connectivity index (χ0v) is 19.5. The first kappa shape index (κ1) is 23.7. The highest BCUT2D eigenvalue weighted by molar-refractivity contribution is 14.0. The summed E-state index contributed by atoms with van der Waals surface area (Å²) in [6, 6.07) is 10.6. The highest BCUT2D eigenvalue weighted by atomic mass is 127. The van der Waals surface area contributed by atoms with Gasteiger partial charge < -0.3 is 20.7 Å². The van der Waals surface area contributed by atoms with E-state index in [0.717, 1.165) is 31.3 Å². The molecule has 0 saturated heterocycles. The van der Waals surface area contributed by atoms with Gasteiger partial charge in [-0.05, 0) is 52.9 Å². The molecule has 0 aliphatic rings. The van der Waals surface area contributed by atoms with E-state index < -0.39 is 0 Å². The van der Waals surface area contributed by atoms with Gasteiger partial charge in [0.25, 0.3) is 0 Å². The highest BCUT2D eigenvalue weighted by Crippen LogP contribution is 2.17. The molecule has 0 fully saturated rings. The molecule has 0 saturated carbocycles. The van der Waals surface area contributed by atoms with Crippen LogP contribution < -0.4 is 16.0 Å². The van der Waals surface area contributed by atoms with Gasteiger partial charge in [0, 0.05) is 32.4 Å². The van der Waals surface area contributed by atoms with Gasteiger partial charge in [0.05, 0.1) is 13.2 Å². The summed E-state index contributed by atoms with van der Waals surface area (Å²) in [5.74, 6) is 1.32. The van der Waals surface area contributed by atoms with E-state index in [1.807, 2.05) is 0 Å². The second-order valence-electron chi connectivity index (χ2n) is 6.15. The number of guanidine groups is 1. The molecule has 3 N–H and O–H groups in total. The number of thiophene rings is 1. The molecule has 150 valence electrons. The van der Waals surface area contributed by atoms with Crippen molar-refractivity contribution in [1.29, 1.82) is 0 Å². The lowest BCUT2D eigenvalue weighted by atomic mass is 10.1. The fraction of sp³-hybridized carbons (Fsp3) is 0.450. The molecule has 0 aliphatic carbocycles. The Kier molecular flexibility index (Phi) is 12.1. The van der Waals surface area contributed by atoms with Crippen LogP contribution in [-0.2, 0) is 11.3 Å². The smallest absolute Gasteiger partial charge is 0.191 e. The number of anilines is 1. The number of nitrogens with one attached hydrogen (secondary N) is 3. The number of methoxy groups -OCH3 is 1. The molecule has 0 aliphatic heterocycles. The second kappa shape index (κ2) is 13.8. The van der Waals surface area contributed by atoms with Crippen molar-refractivity contribution >= 4 is 47.0 Å². The molecule has 27 heavy (non-hydrogen) atoms. The van der Waals surface area contributed by atoms with Crippen LogP contribution in [-0.4, -0.2) is 39.3 Å². The third kappa shape index (κ3) is 8.94. The van der Waals surface area contributed by atoms with E-state index in [1.54, 1.807) is 18.4 Å². The second-order valence-corrected chi connectivity index (χ2v) is 6.93. The average Bonchev–Trinajstić information content (AvgIpc) is 3.20. The molecule has 0 radical (unpaired) electrons. The number of ether oxygens (including phenoxy) is 1. The summed E-state index contributed by atoms with van der Waals surface area (Å²) in [6.07, 6.45) is 0. The molecule has 5 nitrogen and oxygen atoms in total. The number of benzene rings is 1. The van der Waals surface area contributed by atoms with Crippen molar-refractivity contribution in [3.63, 3.8) is 0 Å². The summed E-state index contributed by atoms with van der Waals surface area (Å²) in [5, 5.41) is 14.4. The molecular weight excluding hydrogens is 471 g/mol. The zero-order chi connectivity index (χ0) is 18.6. The maximum atomic E-state index is 5.04. The van der Waals surface area contributed by atoms with Crippen LogP contribution >= 0.6 is 35.3 Å². The molecule has 0 bridgehead atoms. The number of halogens is 1. The normalized spacial score (nSPS) is 12.2. The molecule has 1 heterocycles. The van der Waals surface area contributed by atoms with Crippen molar-refractivity contribution in [3.05, 3.63) is 52.2 Å². The van der Waals surface area contributed by atoms with Crippen molar-refractivity contribution in [2.24, 2.45) is 4.99 Å². The van der Waals surface area contributed by atoms with Crippen LogP contribution in [0.3, 0.4) is 0 Å². The molecule has 1 aromatic carbocycles. The molecule has 1 aromatic heterocycles. The van der Waals surface area contributed by atoms with Crippen molar-refractivity contribution in [2.75, 3.05) is 38.7 Å². The Morgan fingerprint density at radius 2 is 1.96 bits per heavy atom. The van der Waals surface area contributed by atoms with E-state index in [-0.39, 0.29) is 24.0 Å². The first-order chi connectivity index (χ1) is 12.7. The van der Waals surface area contributed by atoms with Gasteiger partial charge in [-0.25, -0.2) is 4.99 Å². The quantitative estimate of drug-likeness (QED) is 0.197. The van der Waals surface area contributed by atoms with Gasteiger partial charge in [-0.3, -0.25) is 0 Å². The van der Waals surface area contributed by atoms with E-state index in [2.05, 4.69) is 70.9 Å². The maximum absolute atomic E-state index is 5.04. The maximum Gasteiger partial charge on any atom is 0.191 e. The van der Waals surface area contributed by atoms with Gasteiger partial charge in [0.2, 0.25) is 0 Å². The van der Waals surface area contributed by atoms with Crippen LogP contribution in [0, 0.1) is 0 Å². The Morgan fingerprint density at radius 3 is 2.59 bits per heavy atom. The third-order valence-electron chi connectivity index (χ3n) is 4.04. The lowest BCUT2D eigenvalue weighted by molar-refractivity contribution is 0.211. The largest absolute Gasteiger partial charge is 0.383 e. The van der Waals surface area contributed by atoms with Gasteiger partial charge in [0.15, 0.2) is 5.96 Å². The van der Waals surface area contributed by atoms with E-state index in [0.29, 0.717) is 19.1 Å². The topological polar surface area (TPSA) is 57.7 Å². The summed E-state index contributed by atoms with van der Waals surface area (Å²) in [7, 11) is 1.71. The summed E-state index contributed by atoms with van der Waals surface area (Å²) in [6.45, 7) is 8.19. The van der Waals surface area contributed by atoms with Crippen LogP contribution in [0.1, 0.15) is 30.9 Å². The zero-order valence-electron chi connectivity index (χ0n) is 16.3. The predicted octanol–water partition coefficient (Wildman–Crippen LogP) is 4.28. The van der Waals surface area contributed by atoms with E-state index in [9.17, 15) is 0 Å². The van der Waals surface area contributed by atoms with Gasteiger partial charge in [-0.1, -0.05) is 19.1 Å². The van der Waals surface area contributed by atoms with Crippen LogP contribution in [0.5, 0.6) is 0 Å². The Balaban J connectivity index is 0.00000364. The van der Waals surface area contributed by atoms with Crippen molar-refractivity contribution in [3.8, 4) is 0 Å². The molecule has 2 aromatic rings. The minimum atomic E-state index is 0. The van der Waals surface area contributed by atoms with Crippen molar-refractivity contribution in [1.82, 2.24) is 10.6 Å². The van der Waals surface area contributed by atoms with Crippen LogP contribution in [0.2, 0.25) is 0 Å². The fourth-order valence-corrected chi connectivity index (χ4v) is 3.24. The highest BCUT2D eigenvalue weighted by Gasteiger charge is 2.07. The molecular formula is C20H31IN4OS. The standard InChI is InChI=1S/C20H30N4OS.HI/c1-4-21-20(23-13-16(2)18-9-12-26-15-18)24-14-17-5-7-19(8-6-17)22-10-11-25-3;/h5-9,12,15-16,22H,4,10-11,13-14H2,1-3H3,(H2,21,23,24);1H. The van der Waals surface area contributed by atoms with Crippen LogP contribution in [0.15, 0.2) is 46.1 Å². The monoisotopic (exact) mass is 502 g/mol. The number of hydrogen-bond acceptors (Lipinski definition) is 4. The summed E-state index contributed by atoms with van der Waals surface area (Å²) in [4.78, 5) is 4.70. The van der Waals surface area contributed by atoms with Crippen molar-refractivity contribution in [2.45, 2.75) is 26.3 Å². The molecule has 0 amide bonds. The Bertz CT molecular complexity index is 647. The summed E-state index contributed by atoms with van der Waals surface area (Å²) < 4.78 is 5.04. The first-order valence-corrected chi connectivity index (χ1v) is 10.0. The van der Waals surface area contributed by atoms with Gasteiger partial charge in [-0.15, -0.1) is 24.0 Å². The SMILES string of the molecule is CCNC(=NCc1ccc(NCCOC)cc1)NCC(C)c1ccsc1.I. The van der Waals surface area contributed by atoms with Gasteiger partial charge >= 0.3 is 0 Å². The van der Waals surface area contributed by atoms with E-state index in [1.165, 1.54) is 11.1 Å². The average molecular weight is 502 g/mol. The minimum absolute atomic E-state index is 0. The van der Waals surface area contributed by atoms with Crippen LogP contribution in [0.25, 0.3) is 0 Å². The van der Waals surface area contributed by atoms with E-state index >= 15 is 0 Å².